The SMILES string of the molecule is COCC1CCN(S(=O)(=O)c2ccc(C)c(CO)c2)C1. The van der Waals surface area contributed by atoms with Gasteiger partial charge < -0.3 is 9.84 Å². The molecule has 1 atom stereocenters. The fourth-order valence-electron chi connectivity index (χ4n) is 2.51. The molecule has 1 fully saturated rings. The Hall–Kier alpha value is -0.950. The number of rotatable bonds is 5. The van der Waals surface area contributed by atoms with Crippen LogP contribution < -0.4 is 0 Å². The Kier molecular flexibility index (Phi) is 4.80. The molecule has 0 radical (unpaired) electrons. The first-order valence-corrected chi connectivity index (χ1v) is 8.12. The Balaban J connectivity index is 2.23. The van der Waals surface area contributed by atoms with Crippen LogP contribution in [0, 0.1) is 12.8 Å². The van der Waals surface area contributed by atoms with E-state index in [-0.39, 0.29) is 17.4 Å². The fourth-order valence-corrected chi connectivity index (χ4v) is 4.10. The summed E-state index contributed by atoms with van der Waals surface area (Å²) in [4.78, 5) is 0.255. The van der Waals surface area contributed by atoms with Gasteiger partial charge in [-0.05, 0) is 42.5 Å². The summed E-state index contributed by atoms with van der Waals surface area (Å²) in [5, 5.41) is 9.26. The second kappa shape index (κ2) is 6.22. The second-order valence-electron chi connectivity index (χ2n) is 5.22. The third-order valence-electron chi connectivity index (χ3n) is 3.78. The van der Waals surface area contributed by atoms with Gasteiger partial charge in [0.05, 0.1) is 18.1 Å². The highest BCUT2D eigenvalue weighted by atomic mass is 32.2. The van der Waals surface area contributed by atoms with E-state index >= 15 is 0 Å². The third-order valence-corrected chi connectivity index (χ3v) is 5.64. The number of hydrogen-bond acceptors (Lipinski definition) is 4. The highest BCUT2D eigenvalue weighted by molar-refractivity contribution is 7.89. The number of sulfonamides is 1. The fraction of sp³-hybridized carbons (Fsp3) is 0.571. The van der Waals surface area contributed by atoms with E-state index in [1.165, 1.54) is 4.31 Å². The number of aliphatic hydroxyl groups excluding tert-OH is 1. The average molecular weight is 299 g/mol. The van der Waals surface area contributed by atoms with Crippen LogP contribution in [0.2, 0.25) is 0 Å². The Labute approximate surface area is 120 Å². The first kappa shape index (κ1) is 15.4. The molecule has 5 nitrogen and oxygen atoms in total. The summed E-state index contributed by atoms with van der Waals surface area (Å²) in [6.07, 6.45) is 0.825. The molecule has 0 aliphatic carbocycles. The topological polar surface area (TPSA) is 66.8 Å². The zero-order valence-corrected chi connectivity index (χ0v) is 12.7. The van der Waals surface area contributed by atoms with Crippen molar-refractivity contribution in [1.29, 1.82) is 0 Å². The average Bonchev–Trinajstić information content (AvgIpc) is 2.89. The molecular weight excluding hydrogens is 278 g/mol. The Morgan fingerprint density at radius 2 is 2.20 bits per heavy atom. The molecule has 1 saturated heterocycles. The Morgan fingerprint density at radius 3 is 2.85 bits per heavy atom. The van der Waals surface area contributed by atoms with Gasteiger partial charge in [-0.2, -0.15) is 4.31 Å². The van der Waals surface area contributed by atoms with Crippen molar-refractivity contribution in [1.82, 2.24) is 4.31 Å². The molecule has 1 N–H and O–H groups in total. The van der Waals surface area contributed by atoms with Crippen LogP contribution in [-0.4, -0.2) is 44.6 Å². The molecule has 1 unspecified atom stereocenters. The van der Waals surface area contributed by atoms with Gasteiger partial charge in [0.15, 0.2) is 0 Å². The maximum absolute atomic E-state index is 12.6. The zero-order chi connectivity index (χ0) is 14.8. The van der Waals surface area contributed by atoms with E-state index in [9.17, 15) is 13.5 Å². The van der Waals surface area contributed by atoms with E-state index in [1.54, 1.807) is 25.3 Å². The number of benzene rings is 1. The summed E-state index contributed by atoms with van der Waals surface area (Å²) in [6.45, 7) is 3.31. The van der Waals surface area contributed by atoms with Crippen LogP contribution >= 0.6 is 0 Å². The van der Waals surface area contributed by atoms with E-state index in [2.05, 4.69) is 0 Å². The van der Waals surface area contributed by atoms with Gasteiger partial charge >= 0.3 is 0 Å². The van der Waals surface area contributed by atoms with E-state index in [4.69, 9.17) is 4.74 Å². The van der Waals surface area contributed by atoms with E-state index in [1.807, 2.05) is 6.92 Å². The van der Waals surface area contributed by atoms with Gasteiger partial charge in [-0.25, -0.2) is 8.42 Å². The molecule has 6 heteroatoms. The quantitative estimate of drug-likeness (QED) is 0.885. The van der Waals surface area contributed by atoms with E-state index in [0.717, 1.165) is 12.0 Å². The summed E-state index contributed by atoms with van der Waals surface area (Å²) >= 11 is 0. The first-order valence-electron chi connectivity index (χ1n) is 6.68. The number of methoxy groups -OCH3 is 1. The van der Waals surface area contributed by atoms with Crippen LogP contribution in [0.5, 0.6) is 0 Å². The van der Waals surface area contributed by atoms with Crippen LogP contribution in [0.15, 0.2) is 23.1 Å². The van der Waals surface area contributed by atoms with Crippen LogP contribution in [-0.2, 0) is 21.4 Å². The summed E-state index contributed by atoms with van der Waals surface area (Å²) < 4.78 is 31.7. The van der Waals surface area contributed by atoms with Gasteiger partial charge in [-0.15, -0.1) is 0 Å². The highest BCUT2D eigenvalue weighted by Crippen LogP contribution is 2.25. The molecule has 0 saturated carbocycles. The molecule has 1 aliphatic heterocycles. The van der Waals surface area contributed by atoms with Gasteiger partial charge in [0.1, 0.15) is 0 Å². The van der Waals surface area contributed by atoms with Crippen LogP contribution in [0.3, 0.4) is 0 Å². The van der Waals surface area contributed by atoms with Crippen molar-refractivity contribution in [2.75, 3.05) is 26.8 Å². The van der Waals surface area contributed by atoms with Crippen molar-refractivity contribution in [3.05, 3.63) is 29.3 Å². The lowest BCUT2D eigenvalue weighted by atomic mass is 10.1. The lowest BCUT2D eigenvalue weighted by Crippen LogP contribution is -2.29. The van der Waals surface area contributed by atoms with Gasteiger partial charge in [0.2, 0.25) is 10.0 Å². The van der Waals surface area contributed by atoms with Crippen molar-refractivity contribution in [3.8, 4) is 0 Å². The van der Waals surface area contributed by atoms with Gasteiger partial charge in [0.25, 0.3) is 0 Å². The molecule has 2 rings (SSSR count). The minimum Gasteiger partial charge on any atom is -0.392 e. The maximum atomic E-state index is 12.6. The number of ether oxygens (including phenoxy) is 1. The monoisotopic (exact) mass is 299 g/mol. The predicted octanol–water partition coefficient (Wildman–Crippen LogP) is 1.14. The largest absolute Gasteiger partial charge is 0.392 e. The van der Waals surface area contributed by atoms with Crippen LogP contribution in [0.25, 0.3) is 0 Å². The van der Waals surface area contributed by atoms with Gasteiger partial charge in [0, 0.05) is 20.2 Å². The van der Waals surface area contributed by atoms with Crippen LogP contribution in [0.4, 0.5) is 0 Å². The smallest absolute Gasteiger partial charge is 0.243 e. The lowest BCUT2D eigenvalue weighted by Gasteiger charge is -2.17. The molecule has 0 aromatic heterocycles. The molecule has 112 valence electrons. The van der Waals surface area contributed by atoms with E-state index in [0.29, 0.717) is 25.3 Å². The van der Waals surface area contributed by atoms with Crippen LogP contribution in [0.1, 0.15) is 17.5 Å². The number of hydrogen-bond donors (Lipinski definition) is 1. The van der Waals surface area contributed by atoms with Crippen molar-refractivity contribution < 1.29 is 18.3 Å². The molecule has 0 bridgehead atoms. The van der Waals surface area contributed by atoms with Crippen molar-refractivity contribution in [3.63, 3.8) is 0 Å². The highest BCUT2D eigenvalue weighted by Gasteiger charge is 2.32. The molecule has 20 heavy (non-hydrogen) atoms. The zero-order valence-electron chi connectivity index (χ0n) is 11.9. The second-order valence-corrected chi connectivity index (χ2v) is 7.16. The number of aliphatic hydroxyl groups is 1. The summed E-state index contributed by atoms with van der Waals surface area (Å²) in [6, 6.07) is 4.91. The summed E-state index contributed by atoms with van der Waals surface area (Å²) in [5.74, 6) is 0.262. The minimum absolute atomic E-state index is 0.151. The Morgan fingerprint density at radius 1 is 1.45 bits per heavy atom. The third kappa shape index (κ3) is 3.03. The first-order chi connectivity index (χ1) is 9.48. The van der Waals surface area contributed by atoms with E-state index < -0.39 is 10.0 Å². The standard InChI is InChI=1S/C14H21NO4S/c1-11-3-4-14(7-13(11)9-16)20(17,18)15-6-5-12(8-15)10-19-2/h3-4,7,12,16H,5-6,8-10H2,1-2H3. The van der Waals surface area contributed by atoms with Gasteiger partial charge in [-0.1, -0.05) is 6.07 Å². The normalized spacial score (nSPS) is 20.4. The molecule has 1 aliphatic rings. The molecule has 0 amide bonds. The van der Waals surface area contributed by atoms with Crippen molar-refractivity contribution in [2.24, 2.45) is 5.92 Å². The number of nitrogens with zero attached hydrogens (tertiary/aromatic N) is 1. The summed E-state index contributed by atoms with van der Waals surface area (Å²) in [7, 11) is -1.84. The molecule has 1 aromatic carbocycles. The Bertz CT molecular complexity index is 571. The molecular formula is C14H21NO4S. The predicted molar refractivity (Wildman–Crippen MR) is 75.8 cm³/mol. The molecule has 1 heterocycles. The summed E-state index contributed by atoms with van der Waals surface area (Å²) in [5.41, 5.74) is 1.55. The molecule has 0 spiro atoms. The minimum atomic E-state index is -3.47. The molecule has 1 aromatic rings. The maximum Gasteiger partial charge on any atom is 0.243 e. The van der Waals surface area contributed by atoms with Crippen molar-refractivity contribution >= 4 is 10.0 Å². The van der Waals surface area contributed by atoms with Gasteiger partial charge in [-0.3, -0.25) is 0 Å². The lowest BCUT2D eigenvalue weighted by molar-refractivity contribution is 0.157. The number of aryl methyl sites for hydroxylation is 1. The van der Waals surface area contributed by atoms with Crippen molar-refractivity contribution in [2.45, 2.75) is 24.8 Å².